The van der Waals surface area contributed by atoms with Crippen LogP contribution >= 0.6 is 0 Å². The standard InChI is InChI=1S/C16H18N2O3/c1-18-8-4-5-10(9-18)14-13(16(20)21)15(19)11-6-2-3-7-12(11)17-14/h2-3,6-7,10H,4-5,8-9H2,1H3,(H,17,19)(H,20,21). The molecule has 2 aromatic rings. The van der Waals surface area contributed by atoms with E-state index in [1.165, 1.54) is 0 Å². The number of aromatic nitrogens is 1. The molecule has 1 fully saturated rings. The SMILES string of the molecule is CN1CCCC(c2[nH]c3ccccc3c(=O)c2C(=O)O)C1. The van der Waals surface area contributed by atoms with Crippen molar-refractivity contribution in [3.8, 4) is 0 Å². The molecule has 1 aliphatic heterocycles. The predicted molar refractivity (Wildman–Crippen MR) is 81.0 cm³/mol. The van der Waals surface area contributed by atoms with E-state index in [1.54, 1.807) is 12.1 Å². The van der Waals surface area contributed by atoms with Gasteiger partial charge in [0.2, 0.25) is 5.43 Å². The predicted octanol–water partition coefficient (Wildman–Crippen LogP) is 2.04. The van der Waals surface area contributed by atoms with Crippen LogP contribution in [0.5, 0.6) is 0 Å². The first-order valence-corrected chi connectivity index (χ1v) is 7.14. The van der Waals surface area contributed by atoms with Crippen molar-refractivity contribution < 1.29 is 9.90 Å². The van der Waals surface area contributed by atoms with Gasteiger partial charge >= 0.3 is 5.97 Å². The molecule has 2 heterocycles. The molecule has 0 saturated carbocycles. The maximum Gasteiger partial charge on any atom is 0.341 e. The molecule has 1 atom stereocenters. The summed E-state index contributed by atoms with van der Waals surface area (Å²) in [7, 11) is 2.02. The highest BCUT2D eigenvalue weighted by Crippen LogP contribution is 2.27. The Labute approximate surface area is 122 Å². The van der Waals surface area contributed by atoms with Gasteiger partial charge in [0, 0.05) is 29.1 Å². The minimum Gasteiger partial charge on any atom is -0.477 e. The molecule has 0 radical (unpaired) electrons. The minimum atomic E-state index is -1.15. The van der Waals surface area contributed by atoms with Gasteiger partial charge in [-0.05, 0) is 38.6 Å². The van der Waals surface area contributed by atoms with Crippen LogP contribution in [0.1, 0.15) is 34.8 Å². The number of piperidine rings is 1. The van der Waals surface area contributed by atoms with E-state index in [2.05, 4.69) is 9.88 Å². The van der Waals surface area contributed by atoms with Gasteiger partial charge in [0.25, 0.3) is 0 Å². The van der Waals surface area contributed by atoms with Crippen LogP contribution in [-0.4, -0.2) is 41.1 Å². The summed E-state index contributed by atoms with van der Waals surface area (Å²) in [6.07, 6.45) is 1.91. The van der Waals surface area contributed by atoms with E-state index < -0.39 is 5.97 Å². The summed E-state index contributed by atoms with van der Waals surface area (Å²) in [5.74, 6) is -1.09. The largest absolute Gasteiger partial charge is 0.477 e. The number of likely N-dealkylation sites (tertiary alicyclic amines) is 1. The van der Waals surface area contributed by atoms with E-state index >= 15 is 0 Å². The number of aromatic carboxylic acids is 1. The lowest BCUT2D eigenvalue weighted by atomic mass is 9.91. The fourth-order valence-corrected chi connectivity index (χ4v) is 3.18. The second-order valence-electron chi connectivity index (χ2n) is 5.69. The first-order chi connectivity index (χ1) is 10.1. The molecule has 0 aliphatic carbocycles. The molecule has 1 unspecified atom stereocenters. The zero-order valence-electron chi connectivity index (χ0n) is 11.9. The Bertz CT molecular complexity index is 751. The third kappa shape index (κ3) is 2.45. The molecule has 1 aromatic carbocycles. The van der Waals surface area contributed by atoms with Gasteiger partial charge in [0.1, 0.15) is 5.56 Å². The van der Waals surface area contributed by atoms with Crippen molar-refractivity contribution in [2.75, 3.05) is 20.1 Å². The lowest BCUT2D eigenvalue weighted by molar-refractivity contribution is 0.0692. The number of pyridine rings is 1. The van der Waals surface area contributed by atoms with Gasteiger partial charge in [-0.3, -0.25) is 4.79 Å². The number of benzene rings is 1. The number of hydrogen-bond donors (Lipinski definition) is 2. The summed E-state index contributed by atoms with van der Waals surface area (Å²) in [5.41, 5.74) is 0.780. The van der Waals surface area contributed by atoms with Gasteiger partial charge in [-0.25, -0.2) is 4.79 Å². The third-order valence-corrected chi connectivity index (χ3v) is 4.18. The maximum atomic E-state index is 12.5. The number of carboxylic acids is 1. The Morgan fingerprint density at radius 3 is 2.86 bits per heavy atom. The molecule has 5 nitrogen and oxygen atoms in total. The lowest BCUT2D eigenvalue weighted by Gasteiger charge is -2.30. The Hall–Kier alpha value is -2.14. The Morgan fingerprint density at radius 2 is 2.14 bits per heavy atom. The number of H-pyrrole nitrogens is 1. The Balaban J connectivity index is 2.23. The van der Waals surface area contributed by atoms with Crippen LogP contribution in [0.4, 0.5) is 0 Å². The number of hydrogen-bond acceptors (Lipinski definition) is 3. The smallest absolute Gasteiger partial charge is 0.341 e. The zero-order chi connectivity index (χ0) is 15.0. The quantitative estimate of drug-likeness (QED) is 0.886. The minimum absolute atomic E-state index is 0.0622. The van der Waals surface area contributed by atoms with Gasteiger partial charge in [0.15, 0.2) is 0 Å². The number of nitrogens with one attached hydrogen (secondary N) is 1. The van der Waals surface area contributed by atoms with Crippen LogP contribution in [0.25, 0.3) is 10.9 Å². The topological polar surface area (TPSA) is 73.4 Å². The molecular formula is C16H18N2O3. The second-order valence-corrected chi connectivity index (χ2v) is 5.69. The van der Waals surface area contributed by atoms with Crippen molar-refractivity contribution in [3.05, 3.63) is 45.7 Å². The Kier molecular flexibility index (Phi) is 3.51. The molecule has 0 spiro atoms. The van der Waals surface area contributed by atoms with Crippen molar-refractivity contribution in [2.24, 2.45) is 0 Å². The van der Waals surface area contributed by atoms with Gasteiger partial charge in [-0.2, -0.15) is 0 Å². The Morgan fingerprint density at radius 1 is 1.38 bits per heavy atom. The normalized spacial score (nSPS) is 19.8. The van der Waals surface area contributed by atoms with Crippen molar-refractivity contribution in [3.63, 3.8) is 0 Å². The number of carboxylic acid groups (broad SMARTS) is 1. The molecule has 2 N–H and O–H groups in total. The molecule has 5 heteroatoms. The van der Waals surface area contributed by atoms with E-state index in [1.807, 2.05) is 19.2 Å². The van der Waals surface area contributed by atoms with Crippen molar-refractivity contribution in [1.82, 2.24) is 9.88 Å². The summed E-state index contributed by atoms with van der Waals surface area (Å²) in [4.78, 5) is 29.5. The summed E-state index contributed by atoms with van der Waals surface area (Å²) in [6, 6.07) is 7.07. The van der Waals surface area contributed by atoms with E-state index in [0.717, 1.165) is 25.9 Å². The van der Waals surface area contributed by atoms with Crippen LogP contribution in [0.3, 0.4) is 0 Å². The fourth-order valence-electron chi connectivity index (χ4n) is 3.18. The van der Waals surface area contributed by atoms with Gasteiger partial charge < -0.3 is 15.0 Å². The van der Waals surface area contributed by atoms with Crippen LogP contribution in [0.2, 0.25) is 0 Å². The zero-order valence-corrected chi connectivity index (χ0v) is 11.9. The number of aromatic amines is 1. The third-order valence-electron chi connectivity index (χ3n) is 4.18. The van der Waals surface area contributed by atoms with Crippen LogP contribution < -0.4 is 5.43 Å². The van der Waals surface area contributed by atoms with E-state index in [-0.39, 0.29) is 16.9 Å². The lowest BCUT2D eigenvalue weighted by Crippen LogP contribution is -2.33. The monoisotopic (exact) mass is 286 g/mol. The van der Waals surface area contributed by atoms with Crippen molar-refractivity contribution >= 4 is 16.9 Å². The highest BCUT2D eigenvalue weighted by atomic mass is 16.4. The number of carbonyl (C=O) groups is 1. The summed E-state index contributed by atoms with van der Waals surface area (Å²) in [6.45, 7) is 1.78. The van der Waals surface area contributed by atoms with Crippen molar-refractivity contribution in [2.45, 2.75) is 18.8 Å². The van der Waals surface area contributed by atoms with E-state index in [4.69, 9.17) is 0 Å². The summed E-state index contributed by atoms with van der Waals surface area (Å²) >= 11 is 0. The molecular weight excluding hydrogens is 268 g/mol. The van der Waals surface area contributed by atoms with Crippen LogP contribution in [0, 0.1) is 0 Å². The van der Waals surface area contributed by atoms with E-state index in [0.29, 0.717) is 16.6 Å². The van der Waals surface area contributed by atoms with Gasteiger partial charge in [-0.1, -0.05) is 12.1 Å². The number of para-hydroxylation sites is 1. The first kappa shape index (κ1) is 13.8. The van der Waals surface area contributed by atoms with Crippen molar-refractivity contribution in [1.29, 1.82) is 0 Å². The summed E-state index contributed by atoms with van der Waals surface area (Å²) in [5, 5.41) is 9.90. The average molecular weight is 286 g/mol. The highest BCUT2D eigenvalue weighted by molar-refractivity contribution is 5.94. The molecule has 1 aromatic heterocycles. The molecule has 3 rings (SSSR count). The molecule has 21 heavy (non-hydrogen) atoms. The van der Waals surface area contributed by atoms with Crippen LogP contribution in [0.15, 0.2) is 29.1 Å². The number of likely N-dealkylation sites (N-methyl/N-ethyl adjacent to an activating group) is 1. The first-order valence-electron chi connectivity index (χ1n) is 7.14. The average Bonchev–Trinajstić information content (AvgIpc) is 2.46. The number of nitrogens with zero attached hydrogens (tertiary/aromatic N) is 1. The molecule has 1 aliphatic rings. The highest BCUT2D eigenvalue weighted by Gasteiger charge is 2.27. The maximum absolute atomic E-state index is 12.5. The molecule has 110 valence electrons. The van der Waals surface area contributed by atoms with Gasteiger partial charge in [0.05, 0.1) is 0 Å². The molecule has 0 bridgehead atoms. The fraction of sp³-hybridized carbons (Fsp3) is 0.375. The van der Waals surface area contributed by atoms with Gasteiger partial charge in [-0.15, -0.1) is 0 Å². The second kappa shape index (κ2) is 5.33. The number of fused-ring (bicyclic) bond motifs is 1. The van der Waals surface area contributed by atoms with E-state index in [9.17, 15) is 14.7 Å². The molecule has 0 amide bonds. The molecule has 1 saturated heterocycles. The number of rotatable bonds is 2. The van der Waals surface area contributed by atoms with Crippen LogP contribution in [-0.2, 0) is 0 Å². The summed E-state index contributed by atoms with van der Waals surface area (Å²) < 4.78 is 0.